The van der Waals surface area contributed by atoms with Gasteiger partial charge in [-0.15, -0.1) is 11.6 Å². The Labute approximate surface area is 229 Å². The SMILES string of the molecule is C=C(CCC)SC(=C)C(=O)C1CCNCC1.C=Cc1oc(C2CCNCC2)nc1/C=C\C.CC.CCl. The first-order valence-electron chi connectivity index (χ1n) is 13.1. The molecule has 2 fully saturated rings. The summed E-state index contributed by atoms with van der Waals surface area (Å²) >= 11 is 6.11. The fourth-order valence-corrected chi connectivity index (χ4v) is 4.82. The van der Waals surface area contributed by atoms with Crippen LogP contribution in [0.1, 0.15) is 89.5 Å². The Morgan fingerprint density at radius 1 is 1.11 bits per heavy atom. The van der Waals surface area contributed by atoms with E-state index in [9.17, 15) is 4.79 Å². The van der Waals surface area contributed by atoms with Crippen molar-refractivity contribution in [3.8, 4) is 0 Å². The van der Waals surface area contributed by atoms with E-state index in [1.165, 1.54) is 18.1 Å². The smallest absolute Gasteiger partial charge is 0.198 e. The van der Waals surface area contributed by atoms with Crippen LogP contribution in [0.25, 0.3) is 12.2 Å². The minimum Gasteiger partial charge on any atom is -0.440 e. The molecule has 0 saturated carbocycles. The lowest BCUT2D eigenvalue weighted by molar-refractivity contribution is -0.119. The van der Waals surface area contributed by atoms with Gasteiger partial charge in [-0.25, -0.2) is 4.98 Å². The van der Waals surface area contributed by atoms with Gasteiger partial charge in [-0.3, -0.25) is 4.79 Å². The van der Waals surface area contributed by atoms with Crippen LogP contribution in [-0.4, -0.2) is 43.3 Å². The van der Waals surface area contributed by atoms with Gasteiger partial charge < -0.3 is 15.1 Å². The molecule has 0 aromatic carbocycles. The largest absolute Gasteiger partial charge is 0.440 e. The first kappa shape index (κ1) is 34.4. The molecule has 2 N–H and O–H groups in total. The number of allylic oxidation sites excluding steroid dienone is 3. The Morgan fingerprint density at radius 3 is 2.17 bits per heavy atom. The summed E-state index contributed by atoms with van der Waals surface area (Å²) in [4.78, 5) is 18.3. The molecule has 1 aromatic rings. The van der Waals surface area contributed by atoms with Gasteiger partial charge in [-0.1, -0.05) is 64.8 Å². The molecule has 7 heteroatoms. The zero-order chi connectivity index (χ0) is 27.3. The van der Waals surface area contributed by atoms with Crippen LogP contribution in [0, 0.1) is 5.92 Å². The highest BCUT2D eigenvalue weighted by molar-refractivity contribution is 8.07. The molecule has 2 aliphatic heterocycles. The molecule has 0 aliphatic carbocycles. The van der Waals surface area contributed by atoms with Crippen LogP contribution in [-0.2, 0) is 4.79 Å². The molecule has 0 amide bonds. The van der Waals surface area contributed by atoms with Gasteiger partial charge >= 0.3 is 0 Å². The number of alkyl halides is 1. The van der Waals surface area contributed by atoms with E-state index in [1.807, 2.05) is 32.9 Å². The molecule has 2 aliphatic rings. The van der Waals surface area contributed by atoms with E-state index < -0.39 is 0 Å². The van der Waals surface area contributed by atoms with Gasteiger partial charge in [0.1, 0.15) is 5.69 Å². The molecule has 3 heterocycles. The van der Waals surface area contributed by atoms with E-state index in [4.69, 9.17) is 4.42 Å². The standard InChI is InChI=1S/C13H18N2O.C13H21NOS.C2H6.CH3Cl/c1-3-5-11-12(4-2)16-13(15-11)10-6-8-14-9-7-10;1-4-5-10(2)16-11(3)13(15)12-6-8-14-9-7-12;2*1-2/h3-5,10,14H,2,6-9H2,1H3;12,14H,2-9H2,1H3;1-2H3;1H3/b5-3-;;;. The molecule has 0 bridgehead atoms. The van der Waals surface area contributed by atoms with Crippen LogP contribution in [0.4, 0.5) is 0 Å². The minimum absolute atomic E-state index is 0.177. The van der Waals surface area contributed by atoms with Crippen LogP contribution in [0.5, 0.6) is 0 Å². The van der Waals surface area contributed by atoms with Crippen molar-refractivity contribution in [3.05, 3.63) is 53.0 Å². The lowest BCUT2D eigenvalue weighted by Gasteiger charge is -2.22. The van der Waals surface area contributed by atoms with Crippen molar-refractivity contribution in [3.63, 3.8) is 0 Å². The normalized spacial score (nSPS) is 15.9. The lowest BCUT2D eigenvalue weighted by Crippen LogP contribution is -2.32. The summed E-state index contributed by atoms with van der Waals surface area (Å²) in [5.41, 5.74) is 0.894. The molecule has 2 saturated heterocycles. The van der Waals surface area contributed by atoms with Gasteiger partial charge in [0.05, 0.1) is 0 Å². The van der Waals surface area contributed by atoms with E-state index >= 15 is 0 Å². The van der Waals surface area contributed by atoms with Gasteiger partial charge in [-0.05, 0) is 82.3 Å². The summed E-state index contributed by atoms with van der Waals surface area (Å²) in [5.74, 6) is 2.51. The second kappa shape index (κ2) is 21.5. The maximum Gasteiger partial charge on any atom is 0.198 e. The van der Waals surface area contributed by atoms with Gasteiger partial charge in [0, 0.05) is 23.1 Å². The van der Waals surface area contributed by atoms with E-state index in [2.05, 4.69) is 53.9 Å². The predicted octanol–water partition coefficient (Wildman–Crippen LogP) is 7.81. The molecule has 5 nitrogen and oxygen atoms in total. The van der Waals surface area contributed by atoms with Gasteiger partial charge in [0.15, 0.2) is 17.4 Å². The molecule has 204 valence electrons. The second-order valence-corrected chi connectivity index (χ2v) is 9.51. The number of nitrogens with one attached hydrogen (secondary N) is 2. The molecular weight excluding hydrogens is 490 g/mol. The van der Waals surface area contributed by atoms with Crippen molar-refractivity contribution in [1.29, 1.82) is 0 Å². The number of hydrogen-bond acceptors (Lipinski definition) is 6. The fraction of sp³-hybridized carbons (Fsp3) is 0.586. The Kier molecular flexibility index (Phi) is 20.5. The number of carbonyl (C=O) groups excluding carboxylic acids is 1. The van der Waals surface area contributed by atoms with Crippen LogP contribution in [0.15, 0.2) is 40.0 Å². The number of aromatic nitrogens is 1. The predicted molar refractivity (Wildman–Crippen MR) is 161 cm³/mol. The quantitative estimate of drug-likeness (QED) is 0.247. The van der Waals surface area contributed by atoms with Crippen molar-refractivity contribution in [2.75, 3.05) is 32.6 Å². The van der Waals surface area contributed by atoms with Crippen molar-refractivity contribution in [2.24, 2.45) is 5.92 Å². The van der Waals surface area contributed by atoms with E-state index in [-0.39, 0.29) is 11.7 Å². The number of Topliss-reactive ketones (excluding diaryl/α,β-unsaturated/α-hetero) is 1. The van der Waals surface area contributed by atoms with Gasteiger partial charge in [0.25, 0.3) is 0 Å². The highest BCUT2D eigenvalue weighted by atomic mass is 35.5. The number of halogens is 1. The van der Waals surface area contributed by atoms with Crippen LogP contribution < -0.4 is 10.6 Å². The molecule has 1 aromatic heterocycles. The molecule has 0 radical (unpaired) electrons. The third-order valence-corrected chi connectivity index (χ3v) is 6.62. The molecule has 0 spiro atoms. The highest BCUT2D eigenvalue weighted by Crippen LogP contribution is 2.30. The maximum atomic E-state index is 12.0. The number of hydrogen-bond donors (Lipinski definition) is 2. The van der Waals surface area contributed by atoms with E-state index in [0.717, 1.165) is 87.0 Å². The summed E-state index contributed by atoms with van der Waals surface area (Å²) < 4.78 is 5.75. The van der Waals surface area contributed by atoms with Crippen molar-refractivity contribution in [1.82, 2.24) is 15.6 Å². The third kappa shape index (κ3) is 12.6. The zero-order valence-corrected chi connectivity index (χ0v) is 24.7. The van der Waals surface area contributed by atoms with Gasteiger partial charge in [-0.2, -0.15) is 0 Å². The summed E-state index contributed by atoms with van der Waals surface area (Å²) in [6.45, 7) is 23.7. The van der Waals surface area contributed by atoms with Crippen LogP contribution in [0.3, 0.4) is 0 Å². The second-order valence-electron chi connectivity index (χ2n) is 8.23. The van der Waals surface area contributed by atoms with Gasteiger partial charge in [0.2, 0.25) is 0 Å². The highest BCUT2D eigenvalue weighted by Gasteiger charge is 2.23. The summed E-state index contributed by atoms with van der Waals surface area (Å²) in [6.07, 6.45) is 13.3. The summed E-state index contributed by atoms with van der Waals surface area (Å²) in [6, 6.07) is 0. The minimum atomic E-state index is 0.177. The molecular formula is C29H48ClN3O2S. The first-order valence-corrected chi connectivity index (χ1v) is 14.7. The Bertz CT molecular complexity index is 807. The fourth-order valence-electron chi connectivity index (χ4n) is 3.89. The number of piperidine rings is 2. The van der Waals surface area contributed by atoms with E-state index in [1.54, 1.807) is 6.08 Å². The summed E-state index contributed by atoms with van der Waals surface area (Å²) in [5, 5.41) is 6.60. The number of carbonyl (C=O) groups is 1. The molecule has 3 rings (SSSR count). The Morgan fingerprint density at radius 2 is 1.67 bits per heavy atom. The third-order valence-electron chi connectivity index (χ3n) is 5.68. The topological polar surface area (TPSA) is 67.2 Å². The first-order chi connectivity index (χ1) is 17.5. The summed E-state index contributed by atoms with van der Waals surface area (Å²) in [7, 11) is 0. The van der Waals surface area contributed by atoms with E-state index in [0.29, 0.717) is 10.8 Å². The number of thioether (sulfide) groups is 1. The molecule has 0 atom stereocenters. The number of nitrogens with zero attached hydrogens (tertiary/aromatic N) is 1. The Hall–Kier alpha value is -1.60. The van der Waals surface area contributed by atoms with Crippen LogP contribution >= 0.6 is 23.4 Å². The monoisotopic (exact) mass is 537 g/mol. The number of oxazole rings is 1. The van der Waals surface area contributed by atoms with Crippen LogP contribution in [0.2, 0.25) is 0 Å². The number of ketones is 1. The molecule has 36 heavy (non-hydrogen) atoms. The maximum absolute atomic E-state index is 12.0. The van der Waals surface area contributed by atoms with Crippen molar-refractivity contribution >= 4 is 41.3 Å². The van der Waals surface area contributed by atoms with Crippen molar-refractivity contribution in [2.45, 2.75) is 72.1 Å². The Balaban J connectivity index is 0.000000598. The van der Waals surface area contributed by atoms with Crippen molar-refractivity contribution < 1.29 is 9.21 Å². The lowest BCUT2D eigenvalue weighted by atomic mass is 9.93. The number of rotatable bonds is 9. The zero-order valence-electron chi connectivity index (χ0n) is 23.1. The average molecular weight is 538 g/mol. The average Bonchev–Trinajstić information content (AvgIpc) is 3.35. The molecule has 0 unspecified atom stereocenters.